The van der Waals surface area contributed by atoms with Gasteiger partial charge in [-0.3, -0.25) is 4.90 Å². The first kappa shape index (κ1) is 28.2. The lowest BCUT2D eigenvalue weighted by Gasteiger charge is -2.24. The molecule has 0 aliphatic rings. The van der Waals surface area contributed by atoms with Gasteiger partial charge in [0.15, 0.2) is 5.84 Å². The highest BCUT2D eigenvalue weighted by Crippen LogP contribution is 2.25. The van der Waals surface area contributed by atoms with Gasteiger partial charge in [-0.25, -0.2) is 28.2 Å². The second-order valence-electron chi connectivity index (χ2n) is 8.55. The van der Waals surface area contributed by atoms with E-state index in [1.54, 1.807) is 36.4 Å². The molecule has 6 N–H and O–H groups in total. The van der Waals surface area contributed by atoms with Crippen molar-refractivity contribution in [1.82, 2.24) is 19.7 Å². The van der Waals surface area contributed by atoms with Crippen molar-refractivity contribution in [3.63, 3.8) is 0 Å². The van der Waals surface area contributed by atoms with Gasteiger partial charge in [-0.05, 0) is 29.3 Å². The number of carbonyl (C=O) groups excluding carboxylic acids is 1. The number of methoxy groups -OCH3 is 1. The molecule has 4 aromatic rings. The van der Waals surface area contributed by atoms with Crippen LogP contribution in [0.3, 0.4) is 0 Å². The number of aliphatic imine (C=N–C) groups is 1. The molecule has 0 atom stereocenters. The molecule has 2 aromatic heterocycles. The van der Waals surface area contributed by atoms with Crippen LogP contribution in [-0.4, -0.2) is 38.7 Å². The number of amidine groups is 1. The van der Waals surface area contributed by atoms with Crippen LogP contribution in [0.4, 0.5) is 13.6 Å². The van der Waals surface area contributed by atoms with Gasteiger partial charge in [0.1, 0.15) is 34.5 Å². The standard InChI is InChI=1S/C27H25BrF2N8O2/c1-15(35-26(33)24(25(31)32)37(27(39)40-2)14-16-6-5-8-18(28)10-16)38-22-12-19(29)13-34-23(22)21(36-38)11-17-7-3-4-9-20(17)30/h3-10,12-13H,1,11,14,31-32H2,2H3,(H2,33,35). The average Bonchev–Trinajstić information content (AvgIpc) is 3.26. The van der Waals surface area contributed by atoms with Crippen LogP contribution < -0.4 is 17.2 Å². The van der Waals surface area contributed by atoms with E-state index in [-0.39, 0.29) is 41.7 Å². The van der Waals surface area contributed by atoms with Crippen LogP contribution in [0.5, 0.6) is 0 Å². The quantitative estimate of drug-likeness (QED) is 0.200. The summed E-state index contributed by atoms with van der Waals surface area (Å²) in [4.78, 5) is 22.3. The number of hydrogen-bond acceptors (Lipinski definition) is 7. The number of carbonyl (C=O) groups is 1. The van der Waals surface area contributed by atoms with Crippen LogP contribution in [0, 0.1) is 11.6 Å². The average molecular weight is 611 g/mol. The summed E-state index contributed by atoms with van der Waals surface area (Å²) in [6.07, 6.45) is 0.312. The largest absolute Gasteiger partial charge is 0.452 e. The fourth-order valence-corrected chi connectivity index (χ4v) is 4.46. The lowest BCUT2D eigenvalue weighted by Crippen LogP contribution is -2.39. The van der Waals surface area contributed by atoms with Gasteiger partial charge in [0.2, 0.25) is 0 Å². The zero-order valence-corrected chi connectivity index (χ0v) is 22.9. The topological polar surface area (TPSA) is 151 Å². The number of nitrogens with two attached hydrogens (primary N) is 3. The summed E-state index contributed by atoms with van der Waals surface area (Å²) in [7, 11) is 1.20. The van der Waals surface area contributed by atoms with Crippen molar-refractivity contribution in [2.45, 2.75) is 13.0 Å². The molecule has 0 fully saturated rings. The van der Waals surface area contributed by atoms with Crippen molar-refractivity contribution in [3.8, 4) is 0 Å². The van der Waals surface area contributed by atoms with Crippen molar-refractivity contribution in [2.24, 2.45) is 22.2 Å². The Labute approximate surface area is 236 Å². The summed E-state index contributed by atoms with van der Waals surface area (Å²) in [6, 6.07) is 14.6. The molecule has 1 amide bonds. The zero-order chi connectivity index (χ0) is 29.0. The van der Waals surface area contributed by atoms with Crippen LogP contribution >= 0.6 is 15.9 Å². The summed E-state index contributed by atoms with van der Waals surface area (Å²) >= 11 is 3.39. The van der Waals surface area contributed by atoms with E-state index in [0.29, 0.717) is 22.3 Å². The highest BCUT2D eigenvalue weighted by Gasteiger charge is 2.25. The molecule has 206 valence electrons. The molecular formula is C27H25BrF2N8O2. The molecule has 0 aliphatic carbocycles. The Morgan fingerprint density at radius 1 is 1.15 bits per heavy atom. The smallest absolute Gasteiger partial charge is 0.414 e. The van der Waals surface area contributed by atoms with Crippen molar-refractivity contribution in [1.29, 1.82) is 0 Å². The fourth-order valence-electron chi connectivity index (χ4n) is 4.02. The number of fused-ring (bicyclic) bond motifs is 1. The first-order valence-electron chi connectivity index (χ1n) is 11.7. The van der Waals surface area contributed by atoms with Crippen LogP contribution in [0.1, 0.15) is 16.8 Å². The Morgan fingerprint density at radius 3 is 2.58 bits per heavy atom. The molecule has 13 heteroatoms. The maximum atomic E-state index is 14.3. The summed E-state index contributed by atoms with van der Waals surface area (Å²) in [6.45, 7) is 3.90. The number of amides is 1. The third-order valence-electron chi connectivity index (χ3n) is 5.78. The Morgan fingerprint density at radius 2 is 1.90 bits per heavy atom. The van der Waals surface area contributed by atoms with E-state index >= 15 is 0 Å². The molecular weight excluding hydrogens is 586 g/mol. The summed E-state index contributed by atoms with van der Waals surface area (Å²) in [5, 5.41) is 4.47. The third-order valence-corrected chi connectivity index (χ3v) is 6.27. The highest BCUT2D eigenvalue weighted by atomic mass is 79.9. The predicted octanol–water partition coefficient (Wildman–Crippen LogP) is 4.20. The number of aromatic nitrogens is 3. The molecule has 4 rings (SSSR count). The number of hydrogen-bond donors (Lipinski definition) is 3. The van der Waals surface area contributed by atoms with Crippen molar-refractivity contribution < 1.29 is 18.3 Å². The van der Waals surface area contributed by atoms with Gasteiger partial charge < -0.3 is 21.9 Å². The molecule has 0 bridgehead atoms. The molecule has 0 radical (unpaired) electrons. The minimum Gasteiger partial charge on any atom is -0.452 e. The minimum atomic E-state index is -0.796. The van der Waals surface area contributed by atoms with E-state index in [1.807, 2.05) is 6.07 Å². The summed E-state index contributed by atoms with van der Waals surface area (Å²) in [5.74, 6) is -1.72. The van der Waals surface area contributed by atoms with Crippen molar-refractivity contribution >= 4 is 44.7 Å². The fraction of sp³-hybridized carbons (Fsp3) is 0.111. The van der Waals surface area contributed by atoms with Crippen LogP contribution in [0.25, 0.3) is 16.9 Å². The SMILES string of the molecule is C=C(N=C(N)C(=C(N)N)N(Cc1cccc(Br)c1)C(=O)OC)n1nc(Cc2ccccc2F)c2ncc(F)cc21. The van der Waals surface area contributed by atoms with E-state index < -0.39 is 17.7 Å². The molecule has 40 heavy (non-hydrogen) atoms. The first-order chi connectivity index (χ1) is 19.1. The Balaban J connectivity index is 1.74. The highest BCUT2D eigenvalue weighted by molar-refractivity contribution is 9.10. The normalized spacial score (nSPS) is 11.3. The van der Waals surface area contributed by atoms with E-state index in [0.717, 1.165) is 15.6 Å². The number of benzene rings is 2. The van der Waals surface area contributed by atoms with Crippen molar-refractivity contribution in [3.05, 3.63) is 112 Å². The van der Waals surface area contributed by atoms with Gasteiger partial charge in [0, 0.05) is 17.0 Å². The predicted molar refractivity (Wildman–Crippen MR) is 151 cm³/mol. The zero-order valence-electron chi connectivity index (χ0n) is 21.3. The molecule has 10 nitrogen and oxygen atoms in total. The van der Waals surface area contributed by atoms with E-state index in [1.165, 1.54) is 23.9 Å². The van der Waals surface area contributed by atoms with Crippen LogP contribution in [0.2, 0.25) is 0 Å². The van der Waals surface area contributed by atoms with Gasteiger partial charge in [-0.15, -0.1) is 0 Å². The number of halogens is 3. The maximum Gasteiger partial charge on any atom is 0.414 e. The Bertz CT molecular complexity index is 1660. The molecule has 2 aromatic carbocycles. The number of rotatable bonds is 8. The lowest BCUT2D eigenvalue weighted by molar-refractivity contribution is 0.135. The van der Waals surface area contributed by atoms with Gasteiger partial charge in [-0.1, -0.05) is 52.8 Å². The first-order valence-corrected chi connectivity index (χ1v) is 12.5. The van der Waals surface area contributed by atoms with Gasteiger partial charge >= 0.3 is 6.09 Å². The molecule has 0 aliphatic heterocycles. The summed E-state index contributed by atoms with van der Waals surface area (Å²) in [5.41, 5.74) is 20.0. The molecule has 0 unspecified atom stereocenters. The second-order valence-corrected chi connectivity index (χ2v) is 9.47. The van der Waals surface area contributed by atoms with Crippen molar-refractivity contribution in [2.75, 3.05) is 7.11 Å². The lowest BCUT2D eigenvalue weighted by atomic mass is 10.1. The van der Waals surface area contributed by atoms with E-state index in [2.05, 4.69) is 37.6 Å². The van der Waals surface area contributed by atoms with Gasteiger partial charge in [0.05, 0.1) is 31.1 Å². The monoisotopic (exact) mass is 610 g/mol. The van der Waals surface area contributed by atoms with Crippen LogP contribution in [0.15, 0.2) is 88.4 Å². The molecule has 0 spiro atoms. The molecule has 0 saturated carbocycles. The van der Waals surface area contributed by atoms with Gasteiger partial charge in [0.25, 0.3) is 0 Å². The Kier molecular flexibility index (Phi) is 8.43. The number of pyridine rings is 1. The van der Waals surface area contributed by atoms with E-state index in [9.17, 15) is 13.6 Å². The van der Waals surface area contributed by atoms with E-state index in [4.69, 9.17) is 21.9 Å². The third kappa shape index (κ3) is 6.10. The summed E-state index contributed by atoms with van der Waals surface area (Å²) < 4.78 is 35.5. The number of nitrogens with zero attached hydrogens (tertiary/aromatic N) is 5. The maximum absolute atomic E-state index is 14.3. The minimum absolute atomic E-state index is 0.00530. The molecule has 2 heterocycles. The molecule has 0 saturated heterocycles. The Hall–Kier alpha value is -4.78. The van der Waals surface area contributed by atoms with Crippen LogP contribution in [-0.2, 0) is 17.7 Å². The number of ether oxygens (including phenoxy) is 1. The second kappa shape index (κ2) is 11.9. The van der Waals surface area contributed by atoms with Gasteiger partial charge in [-0.2, -0.15) is 5.10 Å².